The first-order valence-corrected chi connectivity index (χ1v) is 7.24. The number of nitrogens with zero attached hydrogens (tertiary/aromatic N) is 1. The Bertz CT molecular complexity index is 551. The van der Waals surface area contributed by atoms with Crippen molar-refractivity contribution in [2.75, 3.05) is 17.2 Å². The van der Waals surface area contributed by atoms with Gasteiger partial charge in [0.25, 0.3) is 0 Å². The second kappa shape index (κ2) is 5.61. The lowest BCUT2D eigenvalue weighted by molar-refractivity contribution is -0.117. The molecule has 1 aliphatic heterocycles. The SMILES string of the molecule is CC(=O)SC1CC(=O)N(c2cc(Cl)cc(Cl)c2N)C1. The average Bonchev–Trinajstić information content (AvgIpc) is 2.63. The van der Waals surface area contributed by atoms with Gasteiger partial charge in [-0.3, -0.25) is 9.59 Å². The maximum Gasteiger partial charge on any atom is 0.228 e. The van der Waals surface area contributed by atoms with Crippen molar-refractivity contribution in [1.82, 2.24) is 0 Å². The van der Waals surface area contributed by atoms with Crippen molar-refractivity contribution in [2.45, 2.75) is 18.6 Å². The minimum Gasteiger partial charge on any atom is -0.396 e. The highest BCUT2D eigenvalue weighted by Crippen LogP contribution is 2.37. The molecule has 7 heteroatoms. The Balaban J connectivity index is 2.28. The summed E-state index contributed by atoms with van der Waals surface area (Å²) in [6.45, 7) is 1.92. The fourth-order valence-electron chi connectivity index (χ4n) is 2.02. The maximum absolute atomic E-state index is 12.0. The molecular formula is C12H12Cl2N2O2S. The van der Waals surface area contributed by atoms with Gasteiger partial charge in [-0.2, -0.15) is 0 Å². The Morgan fingerprint density at radius 1 is 1.47 bits per heavy atom. The van der Waals surface area contributed by atoms with Crippen LogP contribution in [0.2, 0.25) is 10.0 Å². The zero-order chi connectivity index (χ0) is 14.2. The third-order valence-electron chi connectivity index (χ3n) is 2.79. The molecule has 0 aromatic heterocycles. The van der Waals surface area contributed by atoms with E-state index < -0.39 is 0 Å². The van der Waals surface area contributed by atoms with Gasteiger partial charge in [0, 0.05) is 30.2 Å². The molecule has 0 aliphatic carbocycles. The molecule has 1 saturated heterocycles. The minimum atomic E-state index is -0.0798. The summed E-state index contributed by atoms with van der Waals surface area (Å²) in [7, 11) is 0. The van der Waals surface area contributed by atoms with Crippen LogP contribution in [-0.4, -0.2) is 22.8 Å². The van der Waals surface area contributed by atoms with Crippen LogP contribution in [0.25, 0.3) is 0 Å². The smallest absolute Gasteiger partial charge is 0.228 e. The van der Waals surface area contributed by atoms with Crippen molar-refractivity contribution in [1.29, 1.82) is 0 Å². The molecule has 0 radical (unpaired) electrons. The molecule has 1 aromatic carbocycles. The van der Waals surface area contributed by atoms with E-state index in [1.54, 1.807) is 6.07 Å². The maximum atomic E-state index is 12.0. The number of nitrogen functional groups attached to an aromatic ring is 1. The number of nitrogens with two attached hydrogens (primary N) is 1. The fraction of sp³-hybridized carbons (Fsp3) is 0.333. The molecule has 1 amide bonds. The first kappa shape index (κ1) is 14.5. The molecule has 1 atom stereocenters. The largest absolute Gasteiger partial charge is 0.396 e. The van der Waals surface area contributed by atoms with Gasteiger partial charge in [0.1, 0.15) is 0 Å². The quantitative estimate of drug-likeness (QED) is 0.851. The second-order valence-corrected chi connectivity index (χ2v) is 6.58. The number of halogens is 2. The summed E-state index contributed by atoms with van der Waals surface area (Å²) in [5.41, 5.74) is 6.72. The van der Waals surface area contributed by atoms with Gasteiger partial charge in [0.15, 0.2) is 5.12 Å². The molecule has 102 valence electrons. The Kier molecular flexibility index (Phi) is 4.28. The molecule has 19 heavy (non-hydrogen) atoms. The molecule has 0 spiro atoms. The van der Waals surface area contributed by atoms with Gasteiger partial charge in [-0.1, -0.05) is 35.0 Å². The lowest BCUT2D eigenvalue weighted by Crippen LogP contribution is -2.26. The molecule has 2 N–H and O–H groups in total. The lowest BCUT2D eigenvalue weighted by atomic mass is 10.2. The molecule has 1 aromatic rings. The summed E-state index contributed by atoms with van der Waals surface area (Å²) in [5.74, 6) is -0.0798. The molecule has 1 aliphatic rings. The normalized spacial score (nSPS) is 19.0. The van der Waals surface area contributed by atoms with Crippen LogP contribution < -0.4 is 10.6 Å². The zero-order valence-electron chi connectivity index (χ0n) is 10.2. The van der Waals surface area contributed by atoms with Crippen LogP contribution in [0.1, 0.15) is 13.3 Å². The standard InChI is InChI=1S/C12H12Cl2N2O2S/c1-6(17)19-8-4-11(18)16(5-8)10-3-7(13)2-9(14)12(10)15/h2-3,8H,4-5,15H2,1H3. The van der Waals surface area contributed by atoms with Gasteiger partial charge in [-0.25, -0.2) is 0 Å². The highest BCUT2D eigenvalue weighted by atomic mass is 35.5. The Labute approximate surface area is 125 Å². The minimum absolute atomic E-state index is 0.00301. The monoisotopic (exact) mass is 318 g/mol. The van der Waals surface area contributed by atoms with Gasteiger partial charge in [-0.15, -0.1) is 0 Å². The van der Waals surface area contributed by atoms with E-state index >= 15 is 0 Å². The number of benzene rings is 1. The third kappa shape index (κ3) is 3.16. The number of amides is 1. The second-order valence-electron chi connectivity index (χ2n) is 4.26. The van der Waals surface area contributed by atoms with Crippen LogP contribution in [0.15, 0.2) is 12.1 Å². The summed E-state index contributed by atoms with van der Waals surface area (Å²) < 4.78 is 0. The molecule has 4 nitrogen and oxygen atoms in total. The molecule has 1 fully saturated rings. The number of carbonyl (C=O) groups is 2. The first-order valence-electron chi connectivity index (χ1n) is 5.60. The van der Waals surface area contributed by atoms with E-state index in [4.69, 9.17) is 28.9 Å². The summed E-state index contributed by atoms with van der Waals surface area (Å²) >= 11 is 13.1. The summed E-state index contributed by atoms with van der Waals surface area (Å²) in [5, 5.41) is 0.682. The molecule has 1 heterocycles. The van der Waals surface area contributed by atoms with E-state index in [-0.39, 0.29) is 16.3 Å². The number of rotatable bonds is 2. The van der Waals surface area contributed by atoms with Gasteiger partial charge in [-0.05, 0) is 12.1 Å². The zero-order valence-corrected chi connectivity index (χ0v) is 12.5. The highest BCUT2D eigenvalue weighted by molar-refractivity contribution is 8.14. The van der Waals surface area contributed by atoms with Gasteiger partial charge in [0.2, 0.25) is 5.91 Å². The van der Waals surface area contributed by atoms with Crippen molar-refractivity contribution in [2.24, 2.45) is 0 Å². The van der Waals surface area contributed by atoms with Crippen LogP contribution in [-0.2, 0) is 9.59 Å². The van der Waals surface area contributed by atoms with E-state index in [1.165, 1.54) is 29.7 Å². The number of anilines is 2. The predicted molar refractivity (Wildman–Crippen MR) is 79.9 cm³/mol. The van der Waals surface area contributed by atoms with Crippen molar-refractivity contribution in [3.8, 4) is 0 Å². The fourth-order valence-corrected chi connectivity index (χ4v) is 3.42. The van der Waals surface area contributed by atoms with Crippen LogP contribution in [0.4, 0.5) is 11.4 Å². The summed E-state index contributed by atoms with van der Waals surface area (Å²) in [6, 6.07) is 3.14. The van der Waals surface area contributed by atoms with Crippen LogP contribution in [0, 0.1) is 0 Å². The van der Waals surface area contributed by atoms with Crippen molar-refractivity contribution < 1.29 is 9.59 Å². The van der Waals surface area contributed by atoms with E-state index in [9.17, 15) is 9.59 Å². The van der Waals surface area contributed by atoms with Crippen LogP contribution in [0.3, 0.4) is 0 Å². The van der Waals surface area contributed by atoms with E-state index in [0.717, 1.165) is 0 Å². The van der Waals surface area contributed by atoms with Gasteiger partial charge in [0.05, 0.1) is 16.4 Å². The van der Waals surface area contributed by atoms with Crippen molar-refractivity contribution in [3.63, 3.8) is 0 Å². The number of carbonyl (C=O) groups excluding carboxylic acids is 2. The van der Waals surface area contributed by atoms with Crippen LogP contribution in [0.5, 0.6) is 0 Å². The summed E-state index contributed by atoms with van der Waals surface area (Å²) in [4.78, 5) is 24.6. The topological polar surface area (TPSA) is 63.4 Å². The Morgan fingerprint density at radius 2 is 2.16 bits per heavy atom. The summed E-state index contributed by atoms with van der Waals surface area (Å²) in [6.07, 6.45) is 0.313. The lowest BCUT2D eigenvalue weighted by Gasteiger charge is -2.19. The highest BCUT2D eigenvalue weighted by Gasteiger charge is 2.33. The first-order chi connectivity index (χ1) is 8.88. The van der Waals surface area contributed by atoms with Crippen molar-refractivity contribution >= 4 is 57.4 Å². The average molecular weight is 319 g/mol. The number of hydrogen-bond donors (Lipinski definition) is 1. The van der Waals surface area contributed by atoms with Crippen molar-refractivity contribution in [3.05, 3.63) is 22.2 Å². The molecule has 0 saturated carbocycles. The Morgan fingerprint density at radius 3 is 2.79 bits per heavy atom. The Hall–Kier alpha value is -0.910. The third-order valence-corrected chi connectivity index (χ3v) is 4.30. The molecule has 1 unspecified atom stereocenters. The van der Waals surface area contributed by atoms with Gasteiger partial charge < -0.3 is 10.6 Å². The number of thioether (sulfide) groups is 1. The number of hydrogen-bond acceptors (Lipinski definition) is 4. The van der Waals surface area contributed by atoms with E-state index in [2.05, 4.69) is 0 Å². The molecule has 2 rings (SSSR count). The molecular weight excluding hydrogens is 307 g/mol. The predicted octanol–water partition coefficient (Wildman–Crippen LogP) is 2.96. The van der Waals surface area contributed by atoms with Crippen LogP contribution >= 0.6 is 35.0 Å². The molecule has 0 bridgehead atoms. The van der Waals surface area contributed by atoms with E-state index in [0.29, 0.717) is 34.4 Å². The van der Waals surface area contributed by atoms with Gasteiger partial charge >= 0.3 is 0 Å². The van der Waals surface area contributed by atoms with E-state index in [1.807, 2.05) is 0 Å².